The first-order valence-corrected chi connectivity index (χ1v) is 12.1. The maximum atomic E-state index is 12.8. The molecule has 0 bridgehead atoms. The molecule has 3 saturated heterocycles. The second-order valence-electron chi connectivity index (χ2n) is 9.40. The number of hydrogen-bond acceptors (Lipinski definition) is 5. The molecule has 6 heteroatoms. The Bertz CT molecular complexity index is 640. The second kappa shape index (κ2) is 11.2. The Kier molecular flexibility index (Phi) is 8.12. The van der Waals surface area contributed by atoms with Crippen LogP contribution in [0.4, 0.5) is 0 Å². The van der Waals surface area contributed by atoms with Gasteiger partial charge in [0.15, 0.2) is 0 Å². The second-order valence-corrected chi connectivity index (χ2v) is 9.40. The average Bonchev–Trinajstić information content (AvgIpc) is 2.81. The Morgan fingerprint density at radius 2 is 1.83 bits per heavy atom. The van der Waals surface area contributed by atoms with E-state index in [2.05, 4.69) is 31.1 Å². The van der Waals surface area contributed by atoms with Crippen LogP contribution in [-0.2, 0) is 11.3 Å². The van der Waals surface area contributed by atoms with Crippen molar-refractivity contribution in [3.63, 3.8) is 0 Å². The summed E-state index contributed by atoms with van der Waals surface area (Å²) in [6.45, 7) is 9.61. The van der Waals surface area contributed by atoms with Gasteiger partial charge in [0.2, 0.25) is 5.91 Å². The third kappa shape index (κ3) is 6.25. The smallest absolute Gasteiger partial charge is 0.224 e. The summed E-state index contributed by atoms with van der Waals surface area (Å²) in [6, 6.07) is 4.82. The summed E-state index contributed by atoms with van der Waals surface area (Å²) in [5.41, 5.74) is 1.30. The van der Waals surface area contributed by atoms with Crippen LogP contribution < -0.4 is 5.32 Å². The van der Waals surface area contributed by atoms with Crippen molar-refractivity contribution in [2.24, 2.45) is 5.92 Å². The summed E-state index contributed by atoms with van der Waals surface area (Å²) < 4.78 is 0. The Labute approximate surface area is 182 Å². The lowest BCUT2D eigenvalue weighted by Crippen LogP contribution is -2.51. The summed E-state index contributed by atoms with van der Waals surface area (Å²) in [4.78, 5) is 24.6. The molecule has 0 saturated carbocycles. The predicted molar refractivity (Wildman–Crippen MR) is 120 cm³/mol. The highest BCUT2D eigenvalue weighted by atomic mass is 16.1. The van der Waals surface area contributed by atoms with E-state index >= 15 is 0 Å². The molecule has 4 rings (SSSR count). The number of aromatic nitrogens is 1. The van der Waals surface area contributed by atoms with Gasteiger partial charge >= 0.3 is 0 Å². The molecule has 166 valence electrons. The van der Waals surface area contributed by atoms with Gasteiger partial charge in [-0.15, -0.1) is 0 Å². The van der Waals surface area contributed by atoms with Crippen molar-refractivity contribution >= 4 is 5.91 Å². The van der Waals surface area contributed by atoms with Crippen molar-refractivity contribution < 1.29 is 4.79 Å². The number of pyridine rings is 1. The van der Waals surface area contributed by atoms with E-state index in [-0.39, 0.29) is 11.8 Å². The van der Waals surface area contributed by atoms with Crippen LogP contribution in [0.15, 0.2) is 24.5 Å². The maximum absolute atomic E-state index is 12.8. The quantitative estimate of drug-likeness (QED) is 0.744. The van der Waals surface area contributed by atoms with Crippen molar-refractivity contribution in [3.05, 3.63) is 30.1 Å². The van der Waals surface area contributed by atoms with Gasteiger partial charge in [0.25, 0.3) is 0 Å². The maximum Gasteiger partial charge on any atom is 0.224 e. The zero-order valence-corrected chi connectivity index (χ0v) is 18.5. The number of carbonyl (C=O) groups is 1. The third-order valence-electron chi connectivity index (χ3n) is 7.20. The molecule has 3 aliphatic heterocycles. The van der Waals surface area contributed by atoms with Gasteiger partial charge in [-0.2, -0.15) is 0 Å². The van der Waals surface area contributed by atoms with E-state index < -0.39 is 0 Å². The summed E-state index contributed by atoms with van der Waals surface area (Å²) in [5, 5.41) is 3.24. The van der Waals surface area contributed by atoms with Crippen LogP contribution in [0.3, 0.4) is 0 Å². The molecule has 1 N–H and O–H groups in total. The largest absolute Gasteiger partial charge is 0.355 e. The Morgan fingerprint density at radius 1 is 1.00 bits per heavy atom. The van der Waals surface area contributed by atoms with Crippen molar-refractivity contribution in [3.8, 4) is 0 Å². The lowest BCUT2D eigenvalue weighted by Gasteiger charge is -2.42. The fourth-order valence-corrected chi connectivity index (χ4v) is 5.41. The van der Waals surface area contributed by atoms with Crippen LogP contribution in [0.5, 0.6) is 0 Å². The highest BCUT2D eigenvalue weighted by Crippen LogP contribution is 2.24. The predicted octanol–water partition coefficient (Wildman–Crippen LogP) is 2.36. The molecule has 4 heterocycles. The van der Waals surface area contributed by atoms with Gasteiger partial charge in [0.05, 0.1) is 5.92 Å². The van der Waals surface area contributed by atoms with Gasteiger partial charge < -0.3 is 10.2 Å². The molecule has 1 aromatic heterocycles. The number of likely N-dealkylation sites (tertiary alicyclic amines) is 3. The molecule has 3 aliphatic rings. The van der Waals surface area contributed by atoms with Gasteiger partial charge in [0, 0.05) is 44.6 Å². The highest BCUT2D eigenvalue weighted by Gasteiger charge is 2.31. The molecular formula is C24H39N5O. The van der Waals surface area contributed by atoms with Crippen LogP contribution in [0.1, 0.15) is 50.5 Å². The van der Waals surface area contributed by atoms with Crippen LogP contribution in [0.2, 0.25) is 0 Å². The van der Waals surface area contributed by atoms with Gasteiger partial charge in [0.1, 0.15) is 0 Å². The summed E-state index contributed by atoms with van der Waals surface area (Å²) >= 11 is 0. The molecule has 1 atom stereocenters. The zero-order valence-electron chi connectivity index (χ0n) is 18.5. The molecule has 0 radical (unpaired) electrons. The van der Waals surface area contributed by atoms with Crippen molar-refractivity contribution in [2.75, 3.05) is 52.4 Å². The highest BCUT2D eigenvalue weighted by molar-refractivity contribution is 5.78. The van der Waals surface area contributed by atoms with Crippen LogP contribution in [0, 0.1) is 5.92 Å². The van der Waals surface area contributed by atoms with Gasteiger partial charge in [-0.3, -0.25) is 19.6 Å². The van der Waals surface area contributed by atoms with Crippen molar-refractivity contribution in [1.82, 2.24) is 25.0 Å². The van der Waals surface area contributed by atoms with E-state index in [1.54, 1.807) is 0 Å². The molecule has 0 aromatic carbocycles. The molecular weight excluding hydrogens is 374 g/mol. The summed E-state index contributed by atoms with van der Waals surface area (Å²) in [7, 11) is 0. The number of nitrogens with zero attached hydrogens (tertiary/aromatic N) is 4. The number of carbonyl (C=O) groups excluding carboxylic acids is 1. The van der Waals surface area contributed by atoms with Gasteiger partial charge in [-0.1, -0.05) is 12.5 Å². The van der Waals surface area contributed by atoms with E-state index in [1.807, 2.05) is 18.5 Å². The van der Waals surface area contributed by atoms with Gasteiger partial charge in [-0.25, -0.2) is 0 Å². The standard InChI is InChI=1S/C24H39N5O/c30-24(26-11-17-27-12-2-1-3-13-27)22-7-5-14-29(20-22)23-8-15-28(16-9-23)19-21-6-4-10-25-18-21/h4,6,10,18,22-23H,1-3,5,7-9,11-17,19-20H2,(H,26,30)/t22-/m0/s1. The van der Waals surface area contributed by atoms with Gasteiger partial charge in [-0.05, 0) is 82.9 Å². The number of hydrogen-bond donors (Lipinski definition) is 1. The van der Waals surface area contributed by atoms with E-state index in [9.17, 15) is 4.79 Å². The third-order valence-corrected chi connectivity index (χ3v) is 7.20. The van der Waals surface area contributed by atoms with E-state index in [1.165, 1.54) is 50.8 Å². The fourth-order valence-electron chi connectivity index (χ4n) is 5.41. The lowest BCUT2D eigenvalue weighted by molar-refractivity contribution is -0.127. The molecule has 0 unspecified atom stereocenters. The van der Waals surface area contributed by atoms with E-state index in [0.29, 0.717) is 6.04 Å². The Hall–Kier alpha value is -1.50. The minimum absolute atomic E-state index is 0.175. The Balaban J connectivity index is 1.17. The number of piperidine rings is 3. The van der Waals surface area contributed by atoms with Crippen LogP contribution in [-0.4, -0.2) is 84.0 Å². The first-order chi connectivity index (χ1) is 14.8. The Morgan fingerprint density at radius 3 is 2.60 bits per heavy atom. The topological polar surface area (TPSA) is 51.7 Å². The zero-order chi connectivity index (χ0) is 20.6. The van der Waals surface area contributed by atoms with E-state index in [4.69, 9.17) is 0 Å². The molecule has 0 spiro atoms. The first-order valence-electron chi connectivity index (χ1n) is 12.1. The number of amides is 1. The summed E-state index contributed by atoms with van der Waals surface area (Å²) in [6.07, 6.45) is 12.4. The molecule has 1 aromatic rings. The minimum Gasteiger partial charge on any atom is -0.355 e. The lowest BCUT2D eigenvalue weighted by atomic mass is 9.93. The molecule has 6 nitrogen and oxygen atoms in total. The van der Waals surface area contributed by atoms with Crippen LogP contribution >= 0.6 is 0 Å². The molecule has 30 heavy (non-hydrogen) atoms. The molecule has 0 aliphatic carbocycles. The van der Waals surface area contributed by atoms with Crippen LogP contribution in [0.25, 0.3) is 0 Å². The minimum atomic E-state index is 0.175. The fraction of sp³-hybridized carbons (Fsp3) is 0.750. The monoisotopic (exact) mass is 413 g/mol. The number of nitrogens with one attached hydrogen (secondary N) is 1. The summed E-state index contributed by atoms with van der Waals surface area (Å²) in [5.74, 6) is 0.458. The number of rotatable bonds is 7. The van der Waals surface area contributed by atoms with Crippen molar-refractivity contribution in [2.45, 2.75) is 57.5 Å². The normalized spacial score (nSPS) is 25.3. The molecule has 3 fully saturated rings. The van der Waals surface area contributed by atoms with E-state index in [0.717, 1.165) is 58.7 Å². The first kappa shape index (κ1) is 21.7. The SMILES string of the molecule is O=C(NCCN1CCCCC1)[C@H]1CCCN(C2CCN(Cc3cccnc3)CC2)C1. The van der Waals surface area contributed by atoms with Crippen molar-refractivity contribution in [1.29, 1.82) is 0 Å². The average molecular weight is 414 g/mol. The molecule has 1 amide bonds.